The molecule has 0 bridgehead atoms. The van der Waals surface area contributed by atoms with E-state index in [4.69, 9.17) is 0 Å². The lowest BCUT2D eigenvalue weighted by atomic mass is 9.78. The molecule has 0 atom stereocenters. The fourth-order valence-corrected chi connectivity index (χ4v) is 4.61. The van der Waals surface area contributed by atoms with Crippen LogP contribution in [-0.4, -0.2) is 17.2 Å². The fraction of sp³-hybridized carbons (Fsp3) is 0.500. The van der Waals surface area contributed by atoms with Crippen molar-refractivity contribution in [2.24, 2.45) is 0 Å². The zero-order chi connectivity index (χ0) is 24.9. The Morgan fingerprint density at radius 3 is 2.00 bits per heavy atom. The molecule has 0 aliphatic heterocycles. The molecule has 0 unspecified atom stereocenters. The average Bonchev–Trinajstić information content (AvgIpc) is 3.00. The van der Waals surface area contributed by atoms with Gasteiger partial charge in [-0.2, -0.15) is 0 Å². The van der Waals surface area contributed by atoms with Crippen LogP contribution in [0.5, 0.6) is 5.75 Å². The Bertz CT molecular complexity index is 982. The number of phenols is 1. The normalized spacial score (nSPS) is 15.8. The van der Waals surface area contributed by atoms with Crippen LogP contribution < -0.4 is 10.6 Å². The lowest BCUT2D eigenvalue weighted by Gasteiger charge is -2.27. The summed E-state index contributed by atoms with van der Waals surface area (Å²) >= 11 is 0. The number of hydrogen-bond acceptors (Lipinski definition) is 2. The van der Waals surface area contributed by atoms with E-state index in [1.807, 2.05) is 30.3 Å². The monoisotopic (exact) mass is 462 g/mol. The number of aromatic hydroxyl groups is 1. The van der Waals surface area contributed by atoms with Gasteiger partial charge in [-0.25, -0.2) is 4.79 Å². The van der Waals surface area contributed by atoms with Crippen molar-refractivity contribution >= 4 is 23.9 Å². The van der Waals surface area contributed by atoms with Gasteiger partial charge in [0, 0.05) is 22.9 Å². The third-order valence-corrected chi connectivity index (χ3v) is 6.60. The number of amides is 2. The Morgan fingerprint density at radius 1 is 0.882 bits per heavy atom. The highest BCUT2D eigenvalue weighted by Gasteiger charge is 2.26. The van der Waals surface area contributed by atoms with Crippen molar-refractivity contribution in [1.29, 1.82) is 0 Å². The first-order valence-corrected chi connectivity index (χ1v) is 12.7. The first-order valence-electron chi connectivity index (χ1n) is 12.7. The van der Waals surface area contributed by atoms with E-state index < -0.39 is 0 Å². The Hall–Kier alpha value is -2.75. The molecule has 3 N–H and O–H groups in total. The lowest BCUT2D eigenvalue weighted by Crippen LogP contribution is -2.37. The number of rotatable bonds is 4. The number of para-hydroxylation sites is 1. The van der Waals surface area contributed by atoms with Gasteiger partial charge in [-0.15, -0.1) is 0 Å². The molecule has 0 radical (unpaired) electrons. The number of urea groups is 1. The number of phenolic OH excluding ortho intramolecular Hbond substituents is 1. The van der Waals surface area contributed by atoms with Crippen molar-refractivity contribution in [3.8, 4) is 5.75 Å². The van der Waals surface area contributed by atoms with Crippen LogP contribution in [-0.2, 0) is 10.8 Å². The molecule has 0 spiro atoms. The molecule has 1 aliphatic carbocycles. The van der Waals surface area contributed by atoms with Gasteiger partial charge in [0.1, 0.15) is 5.75 Å². The SMILES string of the molecule is CC(C)(C)c1cc(/C=C/c2ccccc2NC(=O)NC2CCCCCC2)cc(C(C)(C)C)c1O. The Labute approximate surface area is 205 Å². The molecular formula is C30H42N2O2. The Kier molecular flexibility index (Phi) is 8.12. The van der Waals surface area contributed by atoms with Crippen LogP contribution in [0.1, 0.15) is 102 Å². The second kappa shape index (κ2) is 10.7. The molecule has 2 aromatic carbocycles. The van der Waals surface area contributed by atoms with Gasteiger partial charge in [-0.05, 0) is 53.0 Å². The molecule has 4 nitrogen and oxygen atoms in total. The van der Waals surface area contributed by atoms with E-state index in [9.17, 15) is 9.90 Å². The van der Waals surface area contributed by atoms with Gasteiger partial charge in [0.2, 0.25) is 0 Å². The summed E-state index contributed by atoms with van der Waals surface area (Å²) in [7, 11) is 0. The summed E-state index contributed by atoms with van der Waals surface area (Å²) in [5.74, 6) is 0.384. The predicted molar refractivity (Wildman–Crippen MR) is 145 cm³/mol. The molecule has 4 heteroatoms. The number of benzene rings is 2. The summed E-state index contributed by atoms with van der Waals surface area (Å²) in [6, 6.07) is 12.1. The lowest BCUT2D eigenvalue weighted by molar-refractivity contribution is 0.247. The maximum atomic E-state index is 12.7. The number of hydrogen-bond donors (Lipinski definition) is 3. The molecule has 1 aliphatic rings. The first-order chi connectivity index (χ1) is 15.9. The average molecular weight is 463 g/mol. The van der Waals surface area contributed by atoms with E-state index in [1.165, 1.54) is 25.7 Å². The van der Waals surface area contributed by atoms with Crippen molar-refractivity contribution < 1.29 is 9.90 Å². The third-order valence-electron chi connectivity index (χ3n) is 6.60. The maximum absolute atomic E-state index is 12.7. The molecule has 0 heterocycles. The molecule has 3 rings (SSSR count). The minimum atomic E-state index is -0.177. The first kappa shape index (κ1) is 25.9. The second-order valence-corrected chi connectivity index (χ2v) is 11.7. The zero-order valence-corrected chi connectivity index (χ0v) is 21.8. The molecule has 2 aromatic rings. The minimum Gasteiger partial charge on any atom is -0.507 e. The van der Waals surface area contributed by atoms with Crippen LogP contribution in [0.15, 0.2) is 36.4 Å². The standard InChI is InChI=1S/C30H42N2O2/c1-29(2,3)24-19-21(20-25(27(24)33)30(4,5)6)17-18-22-13-11-12-16-26(22)32-28(34)31-23-14-9-7-8-10-15-23/h11-13,16-20,23,33H,7-10,14-15H2,1-6H3,(H2,31,32,34)/b18-17+. The van der Waals surface area contributed by atoms with E-state index in [0.717, 1.165) is 40.8 Å². The molecule has 184 valence electrons. The zero-order valence-electron chi connectivity index (χ0n) is 21.8. The van der Waals surface area contributed by atoms with E-state index in [2.05, 4.69) is 70.4 Å². The second-order valence-electron chi connectivity index (χ2n) is 11.7. The smallest absolute Gasteiger partial charge is 0.319 e. The molecule has 1 fully saturated rings. The highest BCUT2D eigenvalue weighted by Crippen LogP contribution is 2.40. The topological polar surface area (TPSA) is 61.4 Å². The Balaban J connectivity index is 1.84. The van der Waals surface area contributed by atoms with Crippen molar-refractivity contribution in [2.75, 3.05) is 5.32 Å². The summed E-state index contributed by atoms with van der Waals surface area (Å²) in [5, 5.41) is 17.2. The van der Waals surface area contributed by atoms with Crippen molar-refractivity contribution in [2.45, 2.75) is 96.9 Å². The van der Waals surface area contributed by atoms with Crippen LogP contribution in [0, 0.1) is 0 Å². The maximum Gasteiger partial charge on any atom is 0.319 e. The third kappa shape index (κ3) is 6.88. The van der Waals surface area contributed by atoms with Gasteiger partial charge >= 0.3 is 6.03 Å². The molecule has 0 aromatic heterocycles. The number of carbonyl (C=O) groups excluding carboxylic acids is 1. The van der Waals surface area contributed by atoms with Gasteiger partial charge in [0.05, 0.1) is 0 Å². The van der Waals surface area contributed by atoms with Gasteiger partial charge in [-0.1, -0.05) is 97.6 Å². The number of carbonyl (C=O) groups is 1. The summed E-state index contributed by atoms with van der Waals surface area (Å²) in [6.45, 7) is 12.7. The van der Waals surface area contributed by atoms with Crippen molar-refractivity contribution in [1.82, 2.24) is 5.32 Å². The van der Waals surface area contributed by atoms with E-state index >= 15 is 0 Å². The summed E-state index contributed by atoms with van der Waals surface area (Å²) in [6.07, 6.45) is 11.1. The van der Waals surface area contributed by atoms with Gasteiger partial charge in [0.25, 0.3) is 0 Å². The number of nitrogens with one attached hydrogen (secondary N) is 2. The predicted octanol–water partition coefficient (Wildman–Crippen LogP) is 8.00. The highest BCUT2D eigenvalue weighted by molar-refractivity contribution is 5.92. The van der Waals surface area contributed by atoms with E-state index in [-0.39, 0.29) is 22.9 Å². The molecule has 2 amide bonds. The number of anilines is 1. The summed E-state index contributed by atoms with van der Waals surface area (Å²) in [5.41, 5.74) is 4.29. The van der Waals surface area contributed by atoms with Crippen LogP contribution in [0.3, 0.4) is 0 Å². The van der Waals surface area contributed by atoms with Gasteiger partial charge in [0.15, 0.2) is 0 Å². The molecule has 1 saturated carbocycles. The summed E-state index contributed by atoms with van der Waals surface area (Å²) < 4.78 is 0. The summed E-state index contributed by atoms with van der Waals surface area (Å²) in [4.78, 5) is 12.7. The Morgan fingerprint density at radius 2 is 1.44 bits per heavy atom. The quantitative estimate of drug-likeness (QED) is 0.318. The van der Waals surface area contributed by atoms with Crippen molar-refractivity contribution in [3.05, 3.63) is 58.7 Å². The van der Waals surface area contributed by atoms with Gasteiger partial charge < -0.3 is 15.7 Å². The van der Waals surface area contributed by atoms with E-state index in [0.29, 0.717) is 5.75 Å². The molecular weight excluding hydrogens is 420 g/mol. The largest absolute Gasteiger partial charge is 0.507 e. The van der Waals surface area contributed by atoms with Gasteiger partial charge in [-0.3, -0.25) is 0 Å². The highest BCUT2D eigenvalue weighted by atomic mass is 16.3. The van der Waals surface area contributed by atoms with Crippen LogP contribution in [0.4, 0.5) is 10.5 Å². The van der Waals surface area contributed by atoms with Crippen LogP contribution >= 0.6 is 0 Å². The van der Waals surface area contributed by atoms with Crippen molar-refractivity contribution in [3.63, 3.8) is 0 Å². The minimum absolute atomic E-state index is 0.137. The van der Waals surface area contributed by atoms with E-state index in [1.54, 1.807) is 0 Å². The molecule has 34 heavy (non-hydrogen) atoms. The fourth-order valence-electron chi connectivity index (χ4n) is 4.61. The molecule has 0 saturated heterocycles. The van der Waals surface area contributed by atoms with Crippen LogP contribution in [0.25, 0.3) is 12.2 Å². The van der Waals surface area contributed by atoms with Crippen LogP contribution in [0.2, 0.25) is 0 Å².